The van der Waals surface area contributed by atoms with Crippen LogP contribution in [0.4, 0.5) is 5.69 Å². The first-order chi connectivity index (χ1) is 15.8. The minimum Gasteiger partial charge on any atom is -0.454 e. The lowest BCUT2D eigenvalue weighted by atomic mass is 9.76. The fourth-order valence-corrected chi connectivity index (χ4v) is 5.80. The number of nitrogens with one attached hydrogen (secondary N) is 2. The van der Waals surface area contributed by atoms with E-state index < -0.39 is 47.2 Å². The fourth-order valence-electron chi connectivity index (χ4n) is 5.58. The number of ether oxygens (including phenoxy) is 2. The van der Waals surface area contributed by atoms with Gasteiger partial charge in [0.05, 0.1) is 35.2 Å². The van der Waals surface area contributed by atoms with Crippen molar-refractivity contribution in [1.29, 1.82) is 0 Å². The number of imide groups is 1. The van der Waals surface area contributed by atoms with Crippen molar-refractivity contribution in [3.63, 3.8) is 0 Å². The second-order valence-corrected chi connectivity index (χ2v) is 9.20. The van der Waals surface area contributed by atoms with Gasteiger partial charge in [-0.15, -0.1) is 0 Å². The highest BCUT2D eigenvalue weighted by molar-refractivity contribution is 6.35. The first-order valence-electron chi connectivity index (χ1n) is 10.6. The standard InChI is InChI=1S/C23H20ClN3O6/c1-10(28)18-16-17(23(26-18)12-3-2-4-13(24)19(12)25-22(23)31)21(30)27(20(16)29)8-11-5-6-14-15(7-11)33-9-32-14/h2-7,10,16-18,26,28H,8-9H2,1H3,(H,25,31)/t10?,16-,17-,18?,23?/m0/s1. The zero-order valence-corrected chi connectivity index (χ0v) is 18.3. The van der Waals surface area contributed by atoms with E-state index in [4.69, 9.17) is 21.1 Å². The largest absolute Gasteiger partial charge is 0.454 e. The first kappa shape index (κ1) is 20.5. The molecule has 10 heteroatoms. The summed E-state index contributed by atoms with van der Waals surface area (Å²) in [6.45, 7) is 1.68. The predicted molar refractivity (Wildman–Crippen MR) is 115 cm³/mol. The quantitative estimate of drug-likeness (QED) is 0.581. The Morgan fingerprint density at radius 3 is 2.76 bits per heavy atom. The highest BCUT2D eigenvalue weighted by Gasteiger charge is 2.71. The minimum atomic E-state index is -1.50. The van der Waals surface area contributed by atoms with Crippen molar-refractivity contribution in [3.8, 4) is 11.5 Å². The van der Waals surface area contributed by atoms with Crippen LogP contribution in [0, 0.1) is 11.8 Å². The molecule has 2 saturated heterocycles. The van der Waals surface area contributed by atoms with E-state index >= 15 is 0 Å². The summed E-state index contributed by atoms with van der Waals surface area (Å²) < 4.78 is 10.7. The molecule has 33 heavy (non-hydrogen) atoms. The van der Waals surface area contributed by atoms with E-state index in [1.54, 1.807) is 36.4 Å². The van der Waals surface area contributed by atoms with Crippen LogP contribution in [-0.2, 0) is 26.5 Å². The molecule has 0 saturated carbocycles. The summed E-state index contributed by atoms with van der Waals surface area (Å²) in [6, 6.07) is 9.49. The molecule has 3 unspecified atom stereocenters. The summed E-state index contributed by atoms with van der Waals surface area (Å²) in [7, 11) is 0. The van der Waals surface area contributed by atoms with Crippen LogP contribution in [0.3, 0.4) is 0 Å². The Kier molecular flexibility index (Phi) is 4.30. The Labute approximate surface area is 193 Å². The third-order valence-corrected chi connectivity index (χ3v) is 7.34. The molecule has 1 spiro atoms. The number of aliphatic hydroxyl groups excluding tert-OH is 1. The number of likely N-dealkylation sites (tertiary alicyclic amines) is 1. The lowest BCUT2D eigenvalue weighted by Gasteiger charge is -2.30. The molecule has 5 atom stereocenters. The van der Waals surface area contributed by atoms with E-state index in [-0.39, 0.29) is 13.3 Å². The zero-order valence-electron chi connectivity index (χ0n) is 17.5. The van der Waals surface area contributed by atoms with Gasteiger partial charge in [0, 0.05) is 11.6 Å². The Bertz CT molecular complexity index is 1230. The molecular weight excluding hydrogens is 450 g/mol. The Morgan fingerprint density at radius 1 is 1.18 bits per heavy atom. The molecule has 0 aliphatic carbocycles. The fraction of sp³-hybridized carbons (Fsp3) is 0.348. The number of rotatable bonds is 3. The zero-order chi connectivity index (χ0) is 23.1. The van der Waals surface area contributed by atoms with Crippen LogP contribution in [-0.4, -0.2) is 46.7 Å². The summed E-state index contributed by atoms with van der Waals surface area (Å²) >= 11 is 6.31. The topological polar surface area (TPSA) is 117 Å². The van der Waals surface area contributed by atoms with Crippen molar-refractivity contribution in [2.75, 3.05) is 12.1 Å². The molecule has 4 aliphatic rings. The Morgan fingerprint density at radius 2 is 1.97 bits per heavy atom. The number of nitrogens with zero attached hydrogens (tertiary/aromatic N) is 1. The van der Waals surface area contributed by atoms with Gasteiger partial charge in [0.2, 0.25) is 24.5 Å². The van der Waals surface area contributed by atoms with Crippen LogP contribution in [0.1, 0.15) is 18.1 Å². The minimum absolute atomic E-state index is 0.0218. The molecular formula is C23H20ClN3O6. The SMILES string of the molecule is CC(O)C1NC2(C(=O)Nc3c(Cl)cccc32)[C@@H]2C(=O)N(Cc3ccc4c(c3)OCO4)C(=O)[C@H]12. The number of para-hydroxylation sites is 1. The number of carbonyl (C=O) groups excluding carboxylic acids is 3. The van der Waals surface area contributed by atoms with E-state index in [1.807, 2.05) is 0 Å². The second kappa shape index (κ2) is 6.93. The van der Waals surface area contributed by atoms with Gasteiger partial charge in [0.1, 0.15) is 5.54 Å². The molecule has 0 bridgehead atoms. The molecule has 2 aromatic carbocycles. The molecule has 0 aromatic heterocycles. The lowest BCUT2D eigenvalue weighted by molar-refractivity contribution is -0.143. The van der Waals surface area contributed by atoms with Crippen LogP contribution in [0.2, 0.25) is 5.02 Å². The van der Waals surface area contributed by atoms with Crippen molar-refractivity contribution in [2.24, 2.45) is 11.8 Å². The average Bonchev–Trinajstić information content (AvgIpc) is 3.51. The number of carbonyl (C=O) groups is 3. The molecule has 9 nitrogen and oxygen atoms in total. The number of aliphatic hydroxyl groups is 1. The van der Waals surface area contributed by atoms with E-state index in [0.717, 1.165) is 0 Å². The predicted octanol–water partition coefficient (Wildman–Crippen LogP) is 1.37. The molecule has 3 N–H and O–H groups in total. The van der Waals surface area contributed by atoms with Crippen LogP contribution in [0.5, 0.6) is 11.5 Å². The Hall–Kier alpha value is -3.14. The lowest BCUT2D eigenvalue weighted by Crippen LogP contribution is -2.54. The number of fused-ring (bicyclic) bond motifs is 5. The molecule has 2 fully saturated rings. The maximum absolute atomic E-state index is 13.7. The second-order valence-electron chi connectivity index (χ2n) is 8.79. The van der Waals surface area contributed by atoms with E-state index in [0.29, 0.717) is 33.3 Å². The van der Waals surface area contributed by atoms with E-state index in [1.165, 1.54) is 11.8 Å². The molecule has 170 valence electrons. The van der Waals surface area contributed by atoms with Crippen molar-refractivity contribution in [3.05, 3.63) is 52.5 Å². The smallest absolute Gasteiger partial charge is 0.250 e. The maximum atomic E-state index is 13.7. The molecule has 6 rings (SSSR count). The van der Waals surface area contributed by atoms with Gasteiger partial charge in [-0.3, -0.25) is 24.6 Å². The van der Waals surface area contributed by atoms with Gasteiger partial charge in [0.15, 0.2) is 11.5 Å². The Balaban J connectivity index is 1.43. The summed E-state index contributed by atoms with van der Waals surface area (Å²) in [5.74, 6) is -2.13. The molecule has 4 aliphatic heterocycles. The van der Waals surface area contributed by atoms with Gasteiger partial charge in [-0.1, -0.05) is 29.8 Å². The summed E-state index contributed by atoms with van der Waals surface area (Å²) in [5, 5.41) is 16.7. The molecule has 2 aromatic rings. The molecule has 0 radical (unpaired) electrons. The third kappa shape index (κ3) is 2.64. The number of anilines is 1. The number of hydrogen-bond acceptors (Lipinski definition) is 7. The highest BCUT2D eigenvalue weighted by atomic mass is 35.5. The number of halogens is 1. The summed E-state index contributed by atoms with van der Waals surface area (Å²) in [4.78, 5) is 41.7. The first-order valence-corrected chi connectivity index (χ1v) is 11.0. The highest BCUT2D eigenvalue weighted by Crippen LogP contribution is 2.54. The van der Waals surface area contributed by atoms with Gasteiger partial charge >= 0.3 is 0 Å². The van der Waals surface area contributed by atoms with Crippen LogP contribution < -0.4 is 20.1 Å². The van der Waals surface area contributed by atoms with Crippen molar-refractivity contribution < 1.29 is 29.0 Å². The van der Waals surface area contributed by atoms with Crippen LogP contribution in [0.15, 0.2) is 36.4 Å². The number of hydrogen-bond donors (Lipinski definition) is 3. The summed E-state index contributed by atoms with van der Waals surface area (Å²) in [5.41, 5.74) is 0.111. The van der Waals surface area contributed by atoms with Crippen molar-refractivity contribution in [2.45, 2.75) is 31.2 Å². The van der Waals surface area contributed by atoms with Crippen molar-refractivity contribution >= 4 is 35.0 Å². The number of benzene rings is 2. The monoisotopic (exact) mass is 469 g/mol. The van der Waals surface area contributed by atoms with E-state index in [9.17, 15) is 19.5 Å². The average molecular weight is 470 g/mol. The molecule has 4 heterocycles. The van der Waals surface area contributed by atoms with Gasteiger partial charge in [-0.05, 0) is 30.7 Å². The van der Waals surface area contributed by atoms with Crippen molar-refractivity contribution in [1.82, 2.24) is 10.2 Å². The van der Waals surface area contributed by atoms with E-state index in [2.05, 4.69) is 10.6 Å². The van der Waals surface area contributed by atoms with Crippen LogP contribution in [0.25, 0.3) is 0 Å². The number of amides is 3. The summed E-state index contributed by atoms with van der Waals surface area (Å²) in [6.07, 6.45) is -0.977. The van der Waals surface area contributed by atoms with Gasteiger partial charge in [-0.25, -0.2) is 0 Å². The normalized spacial score (nSPS) is 30.1. The maximum Gasteiger partial charge on any atom is 0.250 e. The molecule has 3 amide bonds. The van der Waals surface area contributed by atoms with Gasteiger partial charge < -0.3 is 19.9 Å². The third-order valence-electron chi connectivity index (χ3n) is 7.02. The van der Waals surface area contributed by atoms with Crippen LogP contribution >= 0.6 is 11.6 Å². The van der Waals surface area contributed by atoms with Gasteiger partial charge in [0.25, 0.3) is 0 Å². The van der Waals surface area contributed by atoms with Gasteiger partial charge in [-0.2, -0.15) is 0 Å².